The summed E-state index contributed by atoms with van der Waals surface area (Å²) >= 11 is 0. The molecule has 4 nitrogen and oxygen atoms in total. The average Bonchev–Trinajstić information content (AvgIpc) is 1.88. The minimum atomic E-state index is -0.988. The zero-order valence-corrected chi connectivity index (χ0v) is 5.95. The minimum absolute atomic E-state index is 0. The molecule has 0 atom stereocenters. The Morgan fingerprint density at radius 3 is 2.27 bits per heavy atom. The van der Waals surface area contributed by atoms with Crippen molar-refractivity contribution in [2.24, 2.45) is 0 Å². The van der Waals surface area contributed by atoms with Crippen LogP contribution in [-0.2, 0) is 0 Å². The summed E-state index contributed by atoms with van der Waals surface area (Å²) in [7, 11) is 0. The molecule has 0 aromatic heterocycles. The Morgan fingerprint density at radius 2 is 1.91 bits per heavy atom. The number of rotatable bonds is 1. The van der Waals surface area contributed by atoms with E-state index in [4.69, 9.17) is 10.8 Å². The summed E-state index contributed by atoms with van der Waals surface area (Å²) in [5.74, 6) is -0.988. The summed E-state index contributed by atoms with van der Waals surface area (Å²) in [4.78, 5) is 10.3. The molecular weight excluding hydrogens is 144 g/mol. The first-order valence-electron chi connectivity index (χ1n) is 2.79. The molecule has 0 unspecified atom stereocenters. The number of carbonyl (C=O) groups is 1. The molecular formula is C7H10N2O2. The van der Waals surface area contributed by atoms with Crippen LogP contribution in [-0.4, -0.2) is 11.1 Å². The Kier molecular flexibility index (Phi) is 3.07. The summed E-state index contributed by atoms with van der Waals surface area (Å²) in [6.45, 7) is 0. The van der Waals surface area contributed by atoms with E-state index in [-0.39, 0.29) is 11.7 Å². The molecule has 1 aromatic carbocycles. The molecule has 1 aromatic rings. The lowest BCUT2D eigenvalue weighted by molar-refractivity contribution is 0.0698. The molecule has 0 aliphatic heterocycles. The Morgan fingerprint density at radius 1 is 1.36 bits per heavy atom. The fraction of sp³-hybridized carbons (Fsp3) is 0. The van der Waals surface area contributed by atoms with Gasteiger partial charge < -0.3 is 17.0 Å². The first-order chi connectivity index (χ1) is 4.72. The first-order valence-corrected chi connectivity index (χ1v) is 2.79. The minimum Gasteiger partial charge on any atom is -0.478 e. The summed E-state index contributed by atoms with van der Waals surface area (Å²) in [6.07, 6.45) is 0. The van der Waals surface area contributed by atoms with Crippen LogP contribution < -0.4 is 11.9 Å². The monoisotopic (exact) mass is 154 g/mol. The molecule has 0 aliphatic carbocycles. The second-order valence-corrected chi connectivity index (χ2v) is 1.89. The first kappa shape index (κ1) is 9.45. The molecule has 6 N–H and O–H groups in total. The van der Waals surface area contributed by atoms with Crippen molar-refractivity contribution in [1.29, 1.82) is 0 Å². The van der Waals surface area contributed by atoms with Crippen molar-refractivity contribution in [1.82, 2.24) is 6.15 Å². The Hall–Kier alpha value is -1.55. The van der Waals surface area contributed by atoms with E-state index in [1.165, 1.54) is 6.07 Å². The highest BCUT2D eigenvalue weighted by Crippen LogP contribution is 2.08. The number of carboxylic acid groups (broad SMARTS) is 1. The lowest BCUT2D eigenvalue weighted by Gasteiger charge is -1.96. The molecule has 60 valence electrons. The third kappa shape index (κ3) is 1.94. The van der Waals surface area contributed by atoms with Crippen molar-refractivity contribution in [3.05, 3.63) is 29.8 Å². The molecule has 0 heterocycles. The predicted molar refractivity (Wildman–Crippen MR) is 42.8 cm³/mol. The van der Waals surface area contributed by atoms with E-state index >= 15 is 0 Å². The Bertz CT molecular complexity index is 260. The maximum Gasteiger partial charge on any atom is 0.337 e. The number of aromatic carboxylic acids is 1. The van der Waals surface area contributed by atoms with Crippen molar-refractivity contribution >= 4 is 11.7 Å². The number of hydrogen-bond donors (Lipinski definition) is 3. The van der Waals surface area contributed by atoms with Gasteiger partial charge in [0.05, 0.1) is 5.56 Å². The molecule has 0 aliphatic rings. The zero-order chi connectivity index (χ0) is 7.56. The number of carboxylic acids is 1. The zero-order valence-electron chi connectivity index (χ0n) is 5.95. The lowest BCUT2D eigenvalue weighted by Crippen LogP contribution is -2.00. The van der Waals surface area contributed by atoms with Gasteiger partial charge in [0, 0.05) is 5.69 Å². The molecule has 0 fully saturated rings. The highest BCUT2D eigenvalue weighted by molar-refractivity contribution is 5.93. The molecule has 11 heavy (non-hydrogen) atoms. The second kappa shape index (κ2) is 3.58. The van der Waals surface area contributed by atoms with Gasteiger partial charge >= 0.3 is 5.97 Å². The molecule has 1 rings (SSSR count). The molecule has 0 amide bonds. The van der Waals surface area contributed by atoms with Crippen LogP contribution in [0.2, 0.25) is 0 Å². The third-order valence-corrected chi connectivity index (χ3v) is 1.19. The van der Waals surface area contributed by atoms with Gasteiger partial charge in [0.1, 0.15) is 0 Å². The number of hydrogen-bond acceptors (Lipinski definition) is 3. The molecule has 0 spiro atoms. The highest BCUT2D eigenvalue weighted by Gasteiger charge is 2.03. The maximum atomic E-state index is 10.3. The van der Waals surface area contributed by atoms with E-state index in [2.05, 4.69) is 0 Å². The van der Waals surface area contributed by atoms with Crippen molar-refractivity contribution in [3.63, 3.8) is 0 Å². The van der Waals surface area contributed by atoms with Crippen molar-refractivity contribution in [2.45, 2.75) is 0 Å². The van der Waals surface area contributed by atoms with E-state index in [1.807, 2.05) is 0 Å². The number of nitrogen functional groups attached to an aromatic ring is 1. The van der Waals surface area contributed by atoms with E-state index in [0.717, 1.165) is 0 Å². The number of nitrogens with two attached hydrogens (primary N) is 1. The molecule has 0 radical (unpaired) electrons. The quantitative estimate of drug-likeness (QED) is 0.528. The van der Waals surface area contributed by atoms with E-state index < -0.39 is 5.97 Å². The lowest BCUT2D eigenvalue weighted by atomic mass is 10.2. The Labute approximate surface area is 64.2 Å². The van der Waals surface area contributed by atoms with Crippen LogP contribution in [0.1, 0.15) is 10.4 Å². The SMILES string of the molecule is N.Nc1ccccc1C(=O)O. The molecule has 0 bridgehead atoms. The van der Waals surface area contributed by atoms with Crippen LogP contribution in [0.3, 0.4) is 0 Å². The largest absolute Gasteiger partial charge is 0.478 e. The fourth-order valence-electron chi connectivity index (χ4n) is 0.692. The van der Waals surface area contributed by atoms with Gasteiger partial charge in [-0.1, -0.05) is 12.1 Å². The van der Waals surface area contributed by atoms with Gasteiger partial charge in [-0.25, -0.2) is 4.79 Å². The van der Waals surface area contributed by atoms with Crippen LogP contribution in [0.25, 0.3) is 0 Å². The van der Waals surface area contributed by atoms with Gasteiger partial charge in [-0.3, -0.25) is 0 Å². The third-order valence-electron chi connectivity index (χ3n) is 1.19. The fourth-order valence-corrected chi connectivity index (χ4v) is 0.692. The topological polar surface area (TPSA) is 98.3 Å². The summed E-state index contributed by atoms with van der Waals surface area (Å²) in [6, 6.07) is 6.36. The van der Waals surface area contributed by atoms with Crippen molar-refractivity contribution in [3.8, 4) is 0 Å². The van der Waals surface area contributed by atoms with Crippen LogP contribution in [0.15, 0.2) is 24.3 Å². The number of para-hydroxylation sites is 1. The Balaban J connectivity index is 0.000001000. The van der Waals surface area contributed by atoms with Crippen LogP contribution in [0.4, 0.5) is 5.69 Å². The molecule has 4 heteroatoms. The van der Waals surface area contributed by atoms with Gasteiger partial charge in [0.2, 0.25) is 0 Å². The molecule has 0 saturated carbocycles. The predicted octanol–water partition coefficient (Wildman–Crippen LogP) is 1.13. The average molecular weight is 154 g/mol. The van der Waals surface area contributed by atoms with Crippen LogP contribution >= 0.6 is 0 Å². The smallest absolute Gasteiger partial charge is 0.337 e. The van der Waals surface area contributed by atoms with Gasteiger partial charge in [-0.05, 0) is 12.1 Å². The van der Waals surface area contributed by atoms with Crippen LogP contribution in [0, 0.1) is 0 Å². The second-order valence-electron chi connectivity index (χ2n) is 1.89. The molecule has 0 saturated heterocycles. The van der Waals surface area contributed by atoms with Gasteiger partial charge in [0.25, 0.3) is 0 Å². The van der Waals surface area contributed by atoms with E-state index in [1.54, 1.807) is 18.2 Å². The normalized spacial score (nSPS) is 8.36. The summed E-state index contributed by atoms with van der Waals surface area (Å²) in [5, 5.41) is 8.49. The van der Waals surface area contributed by atoms with Crippen molar-refractivity contribution in [2.75, 3.05) is 5.73 Å². The van der Waals surface area contributed by atoms with E-state index in [0.29, 0.717) is 5.69 Å². The van der Waals surface area contributed by atoms with Crippen molar-refractivity contribution < 1.29 is 9.90 Å². The number of benzene rings is 1. The van der Waals surface area contributed by atoms with Gasteiger partial charge in [-0.15, -0.1) is 0 Å². The highest BCUT2D eigenvalue weighted by atomic mass is 16.4. The van der Waals surface area contributed by atoms with E-state index in [9.17, 15) is 4.79 Å². The summed E-state index contributed by atoms with van der Waals surface area (Å²) < 4.78 is 0. The number of anilines is 1. The standard InChI is InChI=1S/C7H7NO2.H3N/c8-6-4-2-1-3-5(6)7(9)10;/h1-4H,8H2,(H,9,10);1H3. The van der Waals surface area contributed by atoms with Gasteiger partial charge in [-0.2, -0.15) is 0 Å². The van der Waals surface area contributed by atoms with Gasteiger partial charge in [0.15, 0.2) is 0 Å². The maximum absolute atomic E-state index is 10.3. The van der Waals surface area contributed by atoms with Crippen LogP contribution in [0.5, 0.6) is 0 Å². The summed E-state index contributed by atoms with van der Waals surface area (Å²) in [5.41, 5.74) is 5.80.